The molecule has 0 aliphatic heterocycles. The second kappa shape index (κ2) is 8.02. The van der Waals surface area contributed by atoms with Gasteiger partial charge in [0, 0.05) is 5.25 Å². The van der Waals surface area contributed by atoms with Crippen molar-refractivity contribution in [2.45, 2.75) is 12.2 Å². The maximum atomic E-state index is 9.86. The Morgan fingerprint density at radius 2 is 2.11 bits per heavy atom. The van der Waals surface area contributed by atoms with Crippen molar-refractivity contribution in [2.24, 2.45) is 0 Å². The average molecular weight is 194 g/mol. The van der Waals surface area contributed by atoms with Crippen LogP contribution in [0.15, 0.2) is 0 Å². The SMILES string of the molecule is CC(CO)SP([O-])[O-].[Ca+2]. The van der Waals surface area contributed by atoms with Crippen molar-refractivity contribution in [2.75, 3.05) is 6.61 Å². The van der Waals surface area contributed by atoms with Crippen LogP contribution in [0.2, 0.25) is 0 Å². The number of rotatable bonds is 3. The van der Waals surface area contributed by atoms with E-state index in [9.17, 15) is 9.79 Å². The van der Waals surface area contributed by atoms with Gasteiger partial charge in [-0.15, -0.1) is 0 Å². The molecule has 0 amide bonds. The van der Waals surface area contributed by atoms with E-state index in [-0.39, 0.29) is 49.6 Å². The molecule has 0 aliphatic rings. The van der Waals surface area contributed by atoms with E-state index in [1.54, 1.807) is 6.92 Å². The van der Waals surface area contributed by atoms with Gasteiger partial charge < -0.3 is 14.9 Å². The Bertz CT molecular complexity index is 65.0. The quantitative estimate of drug-likeness (QED) is 0.446. The van der Waals surface area contributed by atoms with Gasteiger partial charge in [-0.3, -0.25) is 0 Å². The van der Waals surface area contributed by atoms with E-state index in [4.69, 9.17) is 5.11 Å². The molecule has 0 rings (SSSR count). The minimum absolute atomic E-state index is 0. The largest absolute Gasteiger partial charge is 2.00 e. The number of aliphatic hydroxyl groups excluding tert-OH is 1. The minimum atomic E-state index is -2.39. The van der Waals surface area contributed by atoms with Crippen molar-refractivity contribution >= 4 is 56.7 Å². The van der Waals surface area contributed by atoms with Crippen LogP contribution in [0.3, 0.4) is 0 Å². The van der Waals surface area contributed by atoms with E-state index in [1.165, 1.54) is 0 Å². The van der Waals surface area contributed by atoms with Gasteiger partial charge in [0.25, 0.3) is 0 Å². The third kappa shape index (κ3) is 9.92. The normalized spacial score (nSPS) is 13.0. The molecule has 0 radical (unpaired) electrons. The zero-order valence-corrected chi connectivity index (χ0v) is 9.03. The first-order valence-electron chi connectivity index (χ1n) is 2.09. The third-order valence-corrected chi connectivity index (χ3v) is 2.80. The molecule has 0 aliphatic carbocycles. The van der Waals surface area contributed by atoms with Gasteiger partial charge in [-0.1, -0.05) is 6.92 Å². The average Bonchev–Trinajstić information content (AvgIpc) is 1.65. The zero-order chi connectivity index (χ0) is 6.57. The van der Waals surface area contributed by atoms with Crippen LogP contribution in [0, 0.1) is 0 Å². The van der Waals surface area contributed by atoms with Gasteiger partial charge >= 0.3 is 37.7 Å². The van der Waals surface area contributed by atoms with E-state index in [0.29, 0.717) is 0 Å². The monoisotopic (exact) mass is 194 g/mol. The van der Waals surface area contributed by atoms with Gasteiger partial charge in [-0.25, -0.2) is 7.58 Å². The summed E-state index contributed by atoms with van der Waals surface area (Å²) < 4.78 is 0. The Morgan fingerprint density at radius 1 is 1.67 bits per heavy atom. The zero-order valence-electron chi connectivity index (χ0n) is 5.11. The molecule has 0 bridgehead atoms. The number of aliphatic hydroxyl groups is 1. The van der Waals surface area contributed by atoms with Gasteiger partial charge in [0.15, 0.2) is 0 Å². The van der Waals surface area contributed by atoms with Crippen LogP contribution >= 0.6 is 19.0 Å². The molecule has 0 saturated carbocycles. The molecule has 0 aromatic rings. The van der Waals surface area contributed by atoms with Crippen LogP contribution in [-0.2, 0) is 0 Å². The first kappa shape index (κ1) is 13.5. The van der Waals surface area contributed by atoms with Gasteiger partial charge in [0.05, 0.1) is 6.61 Å². The topological polar surface area (TPSA) is 66.3 Å². The predicted octanol–water partition coefficient (Wildman–Crippen LogP) is -1.33. The maximum absolute atomic E-state index is 9.86. The molecule has 1 N–H and O–H groups in total. The molecule has 1 atom stereocenters. The summed E-state index contributed by atoms with van der Waals surface area (Å²) in [5.41, 5.74) is 0. The van der Waals surface area contributed by atoms with Crippen molar-refractivity contribution in [3.8, 4) is 0 Å². The second-order valence-corrected chi connectivity index (χ2v) is 4.31. The Morgan fingerprint density at radius 3 is 2.22 bits per heavy atom. The molecule has 0 aromatic carbocycles. The molecule has 9 heavy (non-hydrogen) atoms. The van der Waals surface area contributed by atoms with Crippen molar-refractivity contribution in [1.29, 1.82) is 0 Å². The predicted molar refractivity (Wildman–Crippen MR) is 36.8 cm³/mol. The van der Waals surface area contributed by atoms with E-state index in [2.05, 4.69) is 0 Å². The fraction of sp³-hybridized carbons (Fsp3) is 1.00. The summed E-state index contributed by atoms with van der Waals surface area (Å²) in [4.78, 5) is 19.7. The van der Waals surface area contributed by atoms with E-state index in [0.717, 1.165) is 11.4 Å². The summed E-state index contributed by atoms with van der Waals surface area (Å²) in [5.74, 6) is 0. The van der Waals surface area contributed by atoms with Crippen molar-refractivity contribution in [3.63, 3.8) is 0 Å². The molecule has 0 spiro atoms. The molecule has 6 heteroatoms. The van der Waals surface area contributed by atoms with Crippen LogP contribution in [0.25, 0.3) is 0 Å². The van der Waals surface area contributed by atoms with Crippen LogP contribution in [0.1, 0.15) is 6.92 Å². The van der Waals surface area contributed by atoms with Crippen molar-refractivity contribution < 1.29 is 14.9 Å². The van der Waals surface area contributed by atoms with E-state index < -0.39 is 7.58 Å². The molecule has 50 valence electrons. The summed E-state index contributed by atoms with van der Waals surface area (Å²) in [7, 11) is -2.39. The smallest absolute Gasteiger partial charge is 0.834 e. The van der Waals surface area contributed by atoms with Gasteiger partial charge in [0.2, 0.25) is 0 Å². The van der Waals surface area contributed by atoms with E-state index in [1.807, 2.05) is 0 Å². The van der Waals surface area contributed by atoms with Crippen LogP contribution in [0.5, 0.6) is 0 Å². The summed E-state index contributed by atoms with van der Waals surface area (Å²) in [5, 5.41) is 8.10. The molecule has 1 unspecified atom stereocenters. The molecular formula is C3H7CaO3PS. The molecule has 0 heterocycles. The molecule has 0 saturated heterocycles. The maximum Gasteiger partial charge on any atom is 2.00 e. The Labute approximate surface area is 89.5 Å². The fourth-order valence-corrected chi connectivity index (χ4v) is 1.62. The van der Waals surface area contributed by atoms with Crippen molar-refractivity contribution in [1.82, 2.24) is 0 Å². The van der Waals surface area contributed by atoms with Crippen LogP contribution in [-0.4, -0.2) is 54.7 Å². The van der Waals surface area contributed by atoms with Gasteiger partial charge in [0.1, 0.15) is 0 Å². The molecule has 0 fully saturated rings. The second-order valence-electron chi connectivity index (χ2n) is 1.32. The van der Waals surface area contributed by atoms with E-state index >= 15 is 0 Å². The Kier molecular flexibility index (Phi) is 12.0. The number of hydrogen-bond donors (Lipinski definition) is 1. The summed E-state index contributed by atoms with van der Waals surface area (Å²) >= 11 is 0.758. The number of hydrogen-bond acceptors (Lipinski definition) is 4. The van der Waals surface area contributed by atoms with Crippen LogP contribution in [0.4, 0.5) is 0 Å². The van der Waals surface area contributed by atoms with Crippen molar-refractivity contribution in [3.05, 3.63) is 0 Å². The Hall–Kier alpha value is 1.92. The molecular weight excluding hydrogens is 187 g/mol. The Balaban J connectivity index is 0. The molecule has 3 nitrogen and oxygen atoms in total. The summed E-state index contributed by atoms with van der Waals surface area (Å²) in [6.45, 7) is 1.56. The van der Waals surface area contributed by atoms with Gasteiger partial charge in [-0.2, -0.15) is 11.4 Å². The minimum Gasteiger partial charge on any atom is -0.834 e. The standard InChI is InChI=1S/C3H7O3PS.Ca/c1-3(2-4)8-7(5)6;/h3-4H,2H2,1H3;/q-2;+2. The summed E-state index contributed by atoms with van der Waals surface area (Å²) in [6, 6.07) is 0. The summed E-state index contributed by atoms with van der Waals surface area (Å²) in [6.07, 6.45) is 0. The third-order valence-electron chi connectivity index (χ3n) is 0.523. The first-order chi connectivity index (χ1) is 3.66. The van der Waals surface area contributed by atoms with Crippen LogP contribution < -0.4 is 9.79 Å². The molecule has 0 aromatic heterocycles. The van der Waals surface area contributed by atoms with Gasteiger partial charge in [-0.05, 0) is 0 Å². The first-order valence-corrected chi connectivity index (χ1v) is 4.75. The fourth-order valence-electron chi connectivity index (χ4n) is 0.180.